The largest absolute Gasteiger partial charge is 0.469 e. The van der Waals surface area contributed by atoms with Gasteiger partial charge in [-0.3, -0.25) is 4.79 Å². The van der Waals surface area contributed by atoms with Gasteiger partial charge in [0.1, 0.15) is 0 Å². The molecule has 1 saturated heterocycles. The Labute approximate surface area is 70.7 Å². The molecule has 1 aliphatic rings. The Morgan fingerprint density at radius 2 is 2.45 bits per heavy atom. The first-order chi connectivity index (χ1) is 5.24. The summed E-state index contributed by atoms with van der Waals surface area (Å²) in [5.74, 6) is 2.15. The van der Waals surface area contributed by atoms with E-state index in [1.54, 1.807) is 0 Å². The highest BCUT2D eigenvalue weighted by atomic mass is 32.2. The molecule has 0 amide bonds. The monoisotopic (exact) mass is 175 g/mol. The van der Waals surface area contributed by atoms with E-state index in [0.29, 0.717) is 12.3 Å². The van der Waals surface area contributed by atoms with Crippen LogP contribution < -0.4 is 5.73 Å². The van der Waals surface area contributed by atoms with Gasteiger partial charge >= 0.3 is 5.97 Å². The van der Waals surface area contributed by atoms with Gasteiger partial charge in [-0.05, 0) is 11.7 Å². The number of methoxy groups -OCH3 is 1. The maximum absolute atomic E-state index is 10.8. The Kier molecular flexibility index (Phi) is 3.20. The molecule has 2 N–H and O–H groups in total. The molecule has 1 aliphatic heterocycles. The van der Waals surface area contributed by atoms with Gasteiger partial charge in [0.15, 0.2) is 0 Å². The highest BCUT2D eigenvalue weighted by Crippen LogP contribution is 2.25. The molecule has 0 spiro atoms. The molecule has 4 heteroatoms. The first-order valence-corrected chi connectivity index (χ1v) is 4.79. The average molecular weight is 175 g/mol. The third-order valence-corrected chi connectivity index (χ3v) is 3.19. The molecule has 64 valence electrons. The minimum Gasteiger partial charge on any atom is -0.469 e. The first kappa shape index (κ1) is 8.87. The van der Waals surface area contributed by atoms with Crippen LogP contribution in [0.4, 0.5) is 0 Å². The van der Waals surface area contributed by atoms with Crippen molar-refractivity contribution in [2.75, 3.05) is 18.6 Å². The Hall–Kier alpha value is -0.220. The zero-order valence-electron chi connectivity index (χ0n) is 6.58. The maximum atomic E-state index is 10.8. The van der Waals surface area contributed by atoms with E-state index in [1.165, 1.54) is 7.11 Å². The molecule has 0 radical (unpaired) electrons. The van der Waals surface area contributed by atoms with Crippen LogP contribution in [0.15, 0.2) is 0 Å². The van der Waals surface area contributed by atoms with Crippen molar-refractivity contribution in [3.05, 3.63) is 0 Å². The van der Waals surface area contributed by atoms with Crippen LogP contribution in [-0.4, -0.2) is 30.6 Å². The highest BCUT2D eigenvalue weighted by molar-refractivity contribution is 7.99. The van der Waals surface area contributed by atoms with Gasteiger partial charge in [-0.15, -0.1) is 0 Å². The van der Waals surface area contributed by atoms with Crippen molar-refractivity contribution in [1.29, 1.82) is 0 Å². The lowest BCUT2D eigenvalue weighted by atomic mass is 10.0. The van der Waals surface area contributed by atoms with E-state index in [2.05, 4.69) is 4.74 Å². The van der Waals surface area contributed by atoms with Crippen LogP contribution >= 0.6 is 11.8 Å². The molecule has 2 unspecified atom stereocenters. The van der Waals surface area contributed by atoms with Crippen molar-refractivity contribution < 1.29 is 9.53 Å². The summed E-state index contributed by atoms with van der Waals surface area (Å²) in [6, 6.07) is 0.180. The second kappa shape index (κ2) is 3.97. The van der Waals surface area contributed by atoms with Crippen LogP contribution in [-0.2, 0) is 9.53 Å². The molecule has 0 saturated carbocycles. The fourth-order valence-electron chi connectivity index (χ4n) is 1.12. The molecule has 11 heavy (non-hydrogen) atoms. The molecule has 0 aliphatic carbocycles. The quantitative estimate of drug-likeness (QED) is 0.611. The number of ether oxygens (including phenoxy) is 1. The van der Waals surface area contributed by atoms with Crippen LogP contribution in [0.1, 0.15) is 6.42 Å². The van der Waals surface area contributed by atoms with Gasteiger partial charge in [0.2, 0.25) is 0 Å². The SMILES string of the molecule is COC(=O)CC1CSCC1N. The summed E-state index contributed by atoms with van der Waals surface area (Å²) in [6.45, 7) is 0. The summed E-state index contributed by atoms with van der Waals surface area (Å²) in [5, 5.41) is 0. The number of nitrogens with two attached hydrogens (primary N) is 1. The van der Waals surface area contributed by atoms with Crippen LogP contribution in [0.5, 0.6) is 0 Å². The van der Waals surface area contributed by atoms with E-state index in [1.807, 2.05) is 11.8 Å². The summed E-state index contributed by atoms with van der Waals surface area (Å²) in [6.07, 6.45) is 0.477. The van der Waals surface area contributed by atoms with Gasteiger partial charge in [0, 0.05) is 11.8 Å². The highest BCUT2D eigenvalue weighted by Gasteiger charge is 2.26. The van der Waals surface area contributed by atoms with Crippen molar-refractivity contribution in [3.63, 3.8) is 0 Å². The summed E-state index contributed by atoms with van der Waals surface area (Å²) in [4.78, 5) is 10.8. The minimum atomic E-state index is -0.145. The van der Waals surface area contributed by atoms with E-state index in [-0.39, 0.29) is 12.0 Å². The fourth-order valence-corrected chi connectivity index (χ4v) is 2.47. The van der Waals surface area contributed by atoms with E-state index in [4.69, 9.17) is 5.73 Å². The van der Waals surface area contributed by atoms with E-state index in [0.717, 1.165) is 11.5 Å². The van der Waals surface area contributed by atoms with Crippen LogP contribution in [0.3, 0.4) is 0 Å². The van der Waals surface area contributed by atoms with E-state index >= 15 is 0 Å². The van der Waals surface area contributed by atoms with Crippen LogP contribution in [0.2, 0.25) is 0 Å². The summed E-state index contributed by atoms with van der Waals surface area (Å²) < 4.78 is 4.56. The van der Waals surface area contributed by atoms with Gasteiger partial charge in [-0.1, -0.05) is 0 Å². The predicted octanol–water partition coefficient (Wildman–Crippen LogP) is 0.240. The normalized spacial score (nSPS) is 30.4. The topological polar surface area (TPSA) is 52.3 Å². The lowest BCUT2D eigenvalue weighted by molar-refractivity contribution is -0.141. The van der Waals surface area contributed by atoms with Crippen LogP contribution in [0, 0.1) is 5.92 Å². The van der Waals surface area contributed by atoms with Crippen molar-refractivity contribution in [1.82, 2.24) is 0 Å². The van der Waals surface area contributed by atoms with Crippen molar-refractivity contribution in [2.45, 2.75) is 12.5 Å². The Morgan fingerprint density at radius 3 is 2.91 bits per heavy atom. The third-order valence-electron chi connectivity index (χ3n) is 1.90. The summed E-state index contributed by atoms with van der Waals surface area (Å²) >= 11 is 1.81. The van der Waals surface area contributed by atoms with Gasteiger partial charge in [-0.2, -0.15) is 11.8 Å². The number of hydrogen-bond acceptors (Lipinski definition) is 4. The second-order valence-corrected chi connectivity index (χ2v) is 3.82. The number of rotatable bonds is 2. The molecule has 0 aromatic heterocycles. The predicted molar refractivity (Wildman–Crippen MR) is 45.4 cm³/mol. The molecule has 1 fully saturated rings. The zero-order valence-corrected chi connectivity index (χ0v) is 7.39. The first-order valence-electron chi connectivity index (χ1n) is 3.64. The molecule has 0 bridgehead atoms. The number of thioether (sulfide) groups is 1. The number of esters is 1. The van der Waals surface area contributed by atoms with Gasteiger partial charge in [0.25, 0.3) is 0 Å². The van der Waals surface area contributed by atoms with Gasteiger partial charge in [-0.25, -0.2) is 0 Å². The fraction of sp³-hybridized carbons (Fsp3) is 0.857. The average Bonchev–Trinajstić information content (AvgIpc) is 2.37. The minimum absolute atomic E-state index is 0.145. The Balaban J connectivity index is 2.30. The molecule has 3 nitrogen and oxygen atoms in total. The number of carbonyl (C=O) groups is 1. The lowest BCUT2D eigenvalue weighted by Crippen LogP contribution is -2.30. The summed E-state index contributed by atoms with van der Waals surface area (Å²) in [7, 11) is 1.41. The molecular formula is C7H13NO2S. The Morgan fingerprint density at radius 1 is 1.73 bits per heavy atom. The lowest BCUT2D eigenvalue weighted by Gasteiger charge is -2.11. The van der Waals surface area contributed by atoms with Crippen molar-refractivity contribution >= 4 is 17.7 Å². The number of carbonyl (C=O) groups excluding carboxylic acids is 1. The van der Waals surface area contributed by atoms with Crippen molar-refractivity contribution in [3.8, 4) is 0 Å². The molecule has 0 aromatic carbocycles. The summed E-state index contributed by atoms with van der Waals surface area (Å²) in [5.41, 5.74) is 5.75. The standard InChI is InChI=1S/C7H13NO2S/c1-10-7(9)2-5-3-11-4-6(5)8/h5-6H,2-4,8H2,1H3. The molecule has 2 atom stereocenters. The van der Waals surface area contributed by atoms with Crippen LogP contribution in [0.25, 0.3) is 0 Å². The second-order valence-electron chi connectivity index (χ2n) is 2.74. The zero-order chi connectivity index (χ0) is 8.27. The smallest absolute Gasteiger partial charge is 0.305 e. The number of hydrogen-bond donors (Lipinski definition) is 1. The van der Waals surface area contributed by atoms with Gasteiger partial charge in [0.05, 0.1) is 13.5 Å². The van der Waals surface area contributed by atoms with Crippen molar-refractivity contribution in [2.24, 2.45) is 11.7 Å². The van der Waals surface area contributed by atoms with Gasteiger partial charge < -0.3 is 10.5 Å². The van der Waals surface area contributed by atoms with E-state index in [9.17, 15) is 4.79 Å². The molecule has 0 aromatic rings. The van der Waals surface area contributed by atoms with E-state index < -0.39 is 0 Å². The Bertz CT molecular complexity index is 151. The molecule has 1 heterocycles. The third kappa shape index (κ3) is 2.38. The molecule has 1 rings (SSSR count). The maximum Gasteiger partial charge on any atom is 0.305 e. The molecular weight excluding hydrogens is 162 g/mol.